The Kier molecular flexibility index (Phi) is 5.74. The molecule has 2 aromatic carbocycles. The highest BCUT2D eigenvalue weighted by Crippen LogP contribution is 2.21. The minimum atomic E-state index is -0.250. The van der Waals surface area contributed by atoms with Crippen LogP contribution in [0.25, 0.3) is 0 Å². The second-order valence-electron chi connectivity index (χ2n) is 6.76. The lowest BCUT2D eigenvalue weighted by atomic mass is 10.2. The second-order valence-corrected chi connectivity index (χ2v) is 6.76. The Bertz CT molecular complexity index is 832. The summed E-state index contributed by atoms with van der Waals surface area (Å²) < 4.78 is 13.9. The molecule has 1 aliphatic heterocycles. The van der Waals surface area contributed by atoms with Crippen LogP contribution in [0.1, 0.15) is 12.5 Å². The minimum absolute atomic E-state index is 0.0124. The maximum atomic E-state index is 13.9. The number of carbonyl (C=O) groups is 2. The van der Waals surface area contributed by atoms with Gasteiger partial charge in [-0.2, -0.15) is 0 Å². The molecule has 5 nitrogen and oxygen atoms in total. The standard InChI is InChI=1S/C21H24FN3O2/c1-16-6-5-7-18(14-16)25(17(2)26)15-21(27)24-12-10-23(11-13-24)20-9-4-3-8-19(20)22/h3-9,14H,10-13,15H2,1-2H3. The highest BCUT2D eigenvalue weighted by atomic mass is 19.1. The number of amides is 2. The topological polar surface area (TPSA) is 43.9 Å². The van der Waals surface area contributed by atoms with Gasteiger partial charge >= 0.3 is 0 Å². The minimum Gasteiger partial charge on any atom is -0.366 e. The lowest BCUT2D eigenvalue weighted by Gasteiger charge is -2.37. The van der Waals surface area contributed by atoms with Crippen molar-refractivity contribution in [1.82, 2.24) is 4.90 Å². The van der Waals surface area contributed by atoms with Crippen LogP contribution in [0.5, 0.6) is 0 Å². The Hall–Kier alpha value is -2.89. The van der Waals surface area contributed by atoms with Gasteiger partial charge in [0.05, 0.1) is 5.69 Å². The molecule has 27 heavy (non-hydrogen) atoms. The molecule has 0 aliphatic carbocycles. The van der Waals surface area contributed by atoms with Crippen molar-refractivity contribution in [3.8, 4) is 0 Å². The fraction of sp³-hybridized carbons (Fsp3) is 0.333. The quantitative estimate of drug-likeness (QED) is 0.832. The maximum absolute atomic E-state index is 13.9. The van der Waals surface area contributed by atoms with Gasteiger partial charge in [0.2, 0.25) is 11.8 Å². The third kappa shape index (κ3) is 4.45. The number of para-hydroxylation sites is 1. The van der Waals surface area contributed by atoms with Crippen LogP contribution in [-0.2, 0) is 9.59 Å². The Morgan fingerprint density at radius 1 is 1.04 bits per heavy atom. The van der Waals surface area contributed by atoms with Gasteiger partial charge in [-0.3, -0.25) is 9.59 Å². The molecule has 0 saturated carbocycles. The summed E-state index contributed by atoms with van der Waals surface area (Å²) in [6.45, 7) is 5.57. The Morgan fingerprint density at radius 2 is 1.74 bits per heavy atom. The Morgan fingerprint density at radius 3 is 2.37 bits per heavy atom. The van der Waals surface area contributed by atoms with E-state index in [0.29, 0.717) is 31.9 Å². The van der Waals surface area contributed by atoms with Gasteiger partial charge < -0.3 is 14.7 Å². The summed E-state index contributed by atoms with van der Waals surface area (Å²) in [6, 6.07) is 14.2. The fourth-order valence-corrected chi connectivity index (χ4v) is 3.32. The highest BCUT2D eigenvalue weighted by Gasteiger charge is 2.25. The SMILES string of the molecule is CC(=O)N(CC(=O)N1CCN(c2ccccc2F)CC1)c1cccc(C)c1. The normalized spacial score (nSPS) is 14.2. The molecule has 0 bridgehead atoms. The summed E-state index contributed by atoms with van der Waals surface area (Å²) in [7, 11) is 0. The number of benzene rings is 2. The molecule has 3 rings (SSSR count). The molecule has 0 aromatic heterocycles. The zero-order chi connectivity index (χ0) is 19.4. The molecule has 142 valence electrons. The van der Waals surface area contributed by atoms with Gasteiger partial charge in [0.15, 0.2) is 0 Å². The molecule has 2 aromatic rings. The molecule has 1 heterocycles. The van der Waals surface area contributed by atoms with Gasteiger partial charge in [-0.1, -0.05) is 24.3 Å². The second kappa shape index (κ2) is 8.20. The summed E-state index contributed by atoms with van der Waals surface area (Å²) >= 11 is 0. The van der Waals surface area contributed by atoms with Crippen LogP contribution in [0.3, 0.4) is 0 Å². The summed E-state index contributed by atoms with van der Waals surface area (Å²) in [4.78, 5) is 30.0. The number of hydrogen-bond donors (Lipinski definition) is 0. The Balaban J connectivity index is 1.63. The largest absolute Gasteiger partial charge is 0.366 e. The highest BCUT2D eigenvalue weighted by molar-refractivity contribution is 5.97. The van der Waals surface area contributed by atoms with E-state index in [9.17, 15) is 14.0 Å². The van der Waals surface area contributed by atoms with Crippen molar-refractivity contribution in [2.24, 2.45) is 0 Å². The third-order valence-corrected chi connectivity index (χ3v) is 4.81. The third-order valence-electron chi connectivity index (χ3n) is 4.81. The molecule has 1 saturated heterocycles. The van der Waals surface area contributed by atoms with Gasteiger partial charge in [-0.15, -0.1) is 0 Å². The first-order valence-electron chi connectivity index (χ1n) is 9.08. The molecule has 0 N–H and O–H groups in total. The average Bonchev–Trinajstić information content (AvgIpc) is 2.66. The van der Waals surface area contributed by atoms with E-state index in [-0.39, 0.29) is 24.2 Å². The molecular formula is C21H24FN3O2. The van der Waals surface area contributed by atoms with Crippen molar-refractivity contribution in [3.63, 3.8) is 0 Å². The van der Waals surface area contributed by atoms with Crippen LogP contribution in [0.15, 0.2) is 48.5 Å². The lowest BCUT2D eigenvalue weighted by Crippen LogP contribution is -2.52. The van der Waals surface area contributed by atoms with Crippen molar-refractivity contribution in [3.05, 3.63) is 59.9 Å². The van der Waals surface area contributed by atoms with E-state index in [1.54, 1.807) is 17.0 Å². The summed E-state index contributed by atoms with van der Waals surface area (Å²) in [5, 5.41) is 0. The molecule has 1 fully saturated rings. The molecule has 0 atom stereocenters. The molecule has 0 unspecified atom stereocenters. The van der Waals surface area contributed by atoms with Crippen LogP contribution < -0.4 is 9.80 Å². The number of anilines is 2. The number of piperazine rings is 1. The van der Waals surface area contributed by atoms with Crippen molar-refractivity contribution in [1.29, 1.82) is 0 Å². The van der Waals surface area contributed by atoms with E-state index in [4.69, 9.17) is 0 Å². The Labute approximate surface area is 159 Å². The van der Waals surface area contributed by atoms with Gasteiger partial charge in [0, 0.05) is 38.8 Å². The van der Waals surface area contributed by atoms with E-state index in [1.165, 1.54) is 17.9 Å². The van der Waals surface area contributed by atoms with E-state index < -0.39 is 0 Å². The molecule has 0 radical (unpaired) electrons. The van der Waals surface area contributed by atoms with Crippen LogP contribution >= 0.6 is 0 Å². The van der Waals surface area contributed by atoms with Crippen molar-refractivity contribution < 1.29 is 14.0 Å². The zero-order valence-electron chi connectivity index (χ0n) is 15.7. The van der Waals surface area contributed by atoms with Crippen LogP contribution in [0, 0.1) is 12.7 Å². The smallest absolute Gasteiger partial charge is 0.242 e. The molecule has 1 aliphatic rings. The zero-order valence-corrected chi connectivity index (χ0v) is 15.7. The summed E-state index contributed by atoms with van der Waals surface area (Å²) in [5.74, 6) is -0.515. The van der Waals surface area contributed by atoms with E-state index in [1.807, 2.05) is 42.2 Å². The van der Waals surface area contributed by atoms with Gasteiger partial charge in [0.25, 0.3) is 0 Å². The summed E-state index contributed by atoms with van der Waals surface area (Å²) in [5.41, 5.74) is 2.32. The molecular weight excluding hydrogens is 345 g/mol. The first-order valence-corrected chi connectivity index (χ1v) is 9.08. The number of carbonyl (C=O) groups excluding carboxylic acids is 2. The summed E-state index contributed by atoms with van der Waals surface area (Å²) in [6.07, 6.45) is 0. The number of rotatable bonds is 4. The predicted octanol–water partition coefficient (Wildman–Crippen LogP) is 2.84. The van der Waals surface area contributed by atoms with Gasteiger partial charge in [-0.05, 0) is 36.8 Å². The van der Waals surface area contributed by atoms with Gasteiger partial charge in [-0.25, -0.2) is 4.39 Å². The van der Waals surface area contributed by atoms with Crippen molar-refractivity contribution >= 4 is 23.2 Å². The fourth-order valence-electron chi connectivity index (χ4n) is 3.32. The van der Waals surface area contributed by atoms with Crippen LogP contribution in [0.4, 0.5) is 15.8 Å². The number of aryl methyl sites for hydroxylation is 1. The number of nitrogens with zero attached hydrogens (tertiary/aromatic N) is 3. The monoisotopic (exact) mass is 369 g/mol. The van der Waals surface area contributed by atoms with E-state index in [0.717, 1.165) is 11.3 Å². The van der Waals surface area contributed by atoms with Crippen LogP contribution in [-0.4, -0.2) is 49.4 Å². The molecule has 2 amide bonds. The average molecular weight is 369 g/mol. The first kappa shape index (κ1) is 18.9. The first-order chi connectivity index (χ1) is 13.0. The van der Waals surface area contributed by atoms with E-state index in [2.05, 4.69) is 0 Å². The maximum Gasteiger partial charge on any atom is 0.242 e. The number of hydrogen-bond acceptors (Lipinski definition) is 3. The number of halogens is 1. The molecule has 0 spiro atoms. The van der Waals surface area contributed by atoms with Crippen LogP contribution in [0.2, 0.25) is 0 Å². The van der Waals surface area contributed by atoms with Crippen molar-refractivity contribution in [2.45, 2.75) is 13.8 Å². The van der Waals surface area contributed by atoms with E-state index >= 15 is 0 Å². The lowest BCUT2D eigenvalue weighted by molar-refractivity contribution is -0.131. The molecule has 6 heteroatoms. The van der Waals surface area contributed by atoms with Gasteiger partial charge in [0.1, 0.15) is 12.4 Å². The predicted molar refractivity (Wildman–Crippen MR) is 104 cm³/mol. The van der Waals surface area contributed by atoms with Crippen molar-refractivity contribution in [2.75, 3.05) is 42.5 Å².